The van der Waals surface area contributed by atoms with Gasteiger partial charge in [-0.25, -0.2) is 0 Å². The second-order valence-corrected chi connectivity index (χ2v) is 10.1. The van der Waals surface area contributed by atoms with Crippen LogP contribution in [0, 0.1) is 11.8 Å². The van der Waals surface area contributed by atoms with E-state index < -0.39 is 29.6 Å². The molecule has 0 aliphatic carbocycles. The van der Waals surface area contributed by atoms with Gasteiger partial charge in [0, 0.05) is 36.0 Å². The van der Waals surface area contributed by atoms with Crippen molar-refractivity contribution in [1.82, 2.24) is 4.90 Å². The lowest BCUT2D eigenvalue weighted by atomic mass is 9.77. The van der Waals surface area contributed by atoms with E-state index in [2.05, 4.69) is 0 Å². The number of aliphatic hydroxyl groups is 1. The number of aliphatic hydroxyl groups excluding tert-OH is 1. The molecular weight excluding hydrogens is 494 g/mol. The molecule has 6 rings (SSSR count). The second-order valence-electron chi connectivity index (χ2n) is 9.64. The molecule has 8 nitrogen and oxygen atoms in total. The summed E-state index contributed by atoms with van der Waals surface area (Å²) in [5.74, 6) is -2.62. The van der Waals surface area contributed by atoms with Crippen LogP contribution in [0.3, 0.4) is 0 Å². The van der Waals surface area contributed by atoms with Gasteiger partial charge in [-0.3, -0.25) is 14.4 Å². The van der Waals surface area contributed by atoms with E-state index in [0.29, 0.717) is 17.3 Å². The lowest BCUT2D eigenvalue weighted by Crippen LogP contribution is -2.55. The SMILES string of the molecule is O=C1C2N(CCO)C(=O)[C@@H]3[C@H]4C(=O)N(c5ccccc5)CC=C[C@H]4O[C@]23C=CCN1c1ccc(Cl)cc1. The van der Waals surface area contributed by atoms with Crippen LogP contribution in [0.5, 0.6) is 0 Å². The van der Waals surface area contributed by atoms with Crippen LogP contribution < -0.4 is 9.80 Å². The van der Waals surface area contributed by atoms with Crippen LogP contribution in [-0.2, 0) is 19.1 Å². The van der Waals surface area contributed by atoms with E-state index in [1.165, 1.54) is 4.90 Å². The molecule has 4 aliphatic heterocycles. The van der Waals surface area contributed by atoms with Crippen molar-refractivity contribution in [2.45, 2.75) is 17.7 Å². The van der Waals surface area contributed by atoms with E-state index >= 15 is 0 Å². The Balaban J connectivity index is 1.43. The Morgan fingerprint density at radius 3 is 2.30 bits per heavy atom. The number of carbonyl (C=O) groups excluding carboxylic acids is 3. The van der Waals surface area contributed by atoms with Gasteiger partial charge in [0.2, 0.25) is 11.8 Å². The molecule has 2 aromatic carbocycles. The normalized spacial score (nSPS) is 30.8. The molecular formula is C28H26ClN3O5. The van der Waals surface area contributed by atoms with E-state index in [0.717, 1.165) is 5.69 Å². The quantitative estimate of drug-likeness (QED) is 0.627. The first-order valence-electron chi connectivity index (χ1n) is 12.3. The van der Waals surface area contributed by atoms with Crippen molar-refractivity contribution in [2.75, 3.05) is 36.0 Å². The molecule has 2 aromatic rings. The van der Waals surface area contributed by atoms with Crippen molar-refractivity contribution < 1.29 is 24.2 Å². The average Bonchev–Trinajstić information content (AvgIpc) is 3.20. The zero-order valence-corrected chi connectivity index (χ0v) is 20.7. The summed E-state index contributed by atoms with van der Waals surface area (Å²) in [7, 11) is 0. The second kappa shape index (κ2) is 9.13. The molecule has 3 amide bonds. The molecule has 4 aliphatic rings. The summed E-state index contributed by atoms with van der Waals surface area (Å²) >= 11 is 6.06. The predicted octanol–water partition coefficient (Wildman–Crippen LogP) is 2.42. The van der Waals surface area contributed by atoms with E-state index in [-0.39, 0.29) is 37.4 Å². The number of likely N-dealkylation sites (tertiary alicyclic amines) is 1. The Labute approximate surface area is 219 Å². The van der Waals surface area contributed by atoms with Crippen molar-refractivity contribution in [1.29, 1.82) is 0 Å². The minimum absolute atomic E-state index is 0.0387. The number of β-amino-alcohol motifs (C(OH)–C–C–N with tert-alkyl or cyclic N) is 1. The van der Waals surface area contributed by atoms with Gasteiger partial charge in [0.05, 0.1) is 24.5 Å². The fraction of sp³-hybridized carbons (Fsp3) is 0.321. The van der Waals surface area contributed by atoms with Gasteiger partial charge < -0.3 is 24.5 Å². The lowest BCUT2D eigenvalue weighted by molar-refractivity contribution is -0.141. The number of anilines is 2. The summed E-state index contributed by atoms with van der Waals surface area (Å²) in [6.07, 6.45) is 6.66. The Bertz CT molecular complexity index is 1300. The molecule has 2 saturated heterocycles. The molecule has 190 valence electrons. The van der Waals surface area contributed by atoms with Gasteiger partial charge in [0.1, 0.15) is 11.6 Å². The fourth-order valence-corrected chi connectivity index (χ4v) is 6.30. The minimum Gasteiger partial charge on any atom is -0.395 e. The van der Waals surface area contributed by atoms with Crippen LogP contribution in [-0.4, -0.2) is 71.7 Å². The predicted molar refractivity (Wildman–Crippen MR) is 138 cm³/mol. The Morgan fingerprint density at radius 1 is 0.892 bits per heavy atom. The first kappa shape index (κ1) is 23.9. The van der Waals surface area contributed by atoms with Crippen LogP contribution in [0.15, 0.2) is 78.9 Å². The summed E-state index contributed by atoms with van der Waals surface area (Å²) in [4.78, 5) is 46.7. The largest absolute Gasteiger partial charge is 0.395 e. The number of halogens is 1. The van der Waals surface area contributed by atoms with Gasteiger partial charge in [0.25, 0.3) is 5.91 Å². The maximum absolute atomic E-state index is 14.1. The van der Waals surface area contributed by atoms with Gasteiger partial charge in [0.15, 0.2) is 0 Å². The highest BCUT2D eigenvalue weighted by atomic mass is 35.5. The summed E-state index contributed by atoms with van der Waals surface area (Å²) in [5, 5.41) is 10.4. The van der Waals surface area contributed by atoms with E-state index in [1.54, 1.807) is 40.1 Å². The summed E-state index contributed by atoms with van der Waals surface area (Å²) in [6.45, 7) is 0.269. The van der Waals surface area contributed by atoms with E-state index in [4.69, 9.17) is 16.3 Å². The number of para-hydroxylation sites is 1. The Hall–Kier alpha value is -3.46. The maximum Gasteiger partial charge on any atom is 0.253 e. The number of hydrogen-bond acceptors (Lipinski definition) is 5. The van der Waals surface area contributed by atoms with Gasteiger partial charge in [-0.05, 0) is 36.4 Å². The van der Waals surface area contributed by atoms with Crippen molar-refractivity contribution >= 4 is 40.7 Å². The van der Waals surface area contributed by atoms with Gasteiger partial charge in [-0.1, -0.05) is 54.1 Å². The lowest BCUT2D eigenvalue weighted by Gasteiger charge is -2.35. The Morgan fingerprint density at radius 2 is 1.57 bits per heavy atom. The van der Waals surface area contributed by atoms with Gasteiger partial charge in [-0.15, -0.1) is 0 Å². The number of benzene rings is 2. The zero-order chi connectivity index (χ0) is 25.7. The van der Waals surface area contributed by atoms with Crippen LogP contribution in [0.2, 0.25) is 5.02 Å². The van der Waals surface area contributed by atoms with Crippen LogP contribution in [0.1, 0.15) is 0 Å². The average molecular weight is 520 g/mol. The third-order valence-corrected chi connectivity index (χ3v) is 7.96. The molecule has 9 heteroatoms. The summed E-state index contributed by atoms with van der Waals surface area (Å²) in [6, 6.07) is 15.2. The van der Waals surface area contributed by atoms with Crippen LogP contribution >= 0.6 is 11.6 Å². The number of nitrogens with zero attached hydrogens (tertiary/aromatic N) is 3. The van der Waals surface area contributed by atoms with Gasteiger partial charge >= 0.3 is 0 Å². The fourth-order valence-electron chi connectivity index (χ4n) is 6.18. The van der Waals surface area contributed by atoms with E-state index in [9.17, 15) is 19.5 Å². The zero-order valence-electron chi connectivity index (χ0n) is 19.9. The molecule has 37 heavy (non-hydrogen) atoms. The van der Waals surface area contributed by atoms with Crippen LogP contribution in [0.4, 0.5) is 11.4 Å². The summed E-state index contributed by atoms with van der Waals surface area (Å²) < 4.78 is 6.58. The number of ether oxygens (including phenoxy) is 1. The molecule has 0 radical (unpaired) electrons. The monoisotopic (exact) mass is 519 g/mol. The summed E-state index contributed by atoms with van der Waals surface area (Å²) in [5.41, 5.74) is 0.0308. The Kier molecular flexibility index (Phi) is 5.90. The van der Waals surface area contributed by atoms with Crippen molar-refractivity contribution in [3.8, 4) is 0 Å². The molecule has 0 bridgehead atoms. The number of hydrogen-bond donors (Lipinski definition) is 1. The molecule has 1 N–H and O–H groups in total. The standard InChI is InChI=1S/C28H26ClN3O5/c29-18-9-11-20(12-10-18)31-15-5-13-28-23(26(35)32(16-17-33)24(28)27(31)36)22-21(37-28)8-4-14-30(25(22)34)19-6-2-1-3-7-19/h1-13,21-24,33H,14-17H2/t21-,22+,23+,24?,28+/m1/s1. The number of fused-ring (bicyclic) bond motifs is 2. The van der Waals surface area contributed by atoms with Crippen molar-refractivity contribution in [3.63, 3.8) is 0 Å². The smallest absolute Gasteiger partial charge is 0.253 e. The number of rotatable bonds is 4. The van der Waals surface area contributed by atoms with Crippen molar-refractivity contribution in [3.05, 3.63) is 83.9 Å². The highest BCUT2D eigenvalue weighted by Crippen LogP contribution is 2.53. The van der Waals surface area contributed by atoms with Crippen LogP contribution in [0.25, 0.3) is 0 Å². The molecule has 1 spiro atoms. The van der Waals surface area contributed by atoms with Crippen molar-refractivity contribution in [2.24, 2.45) is 11.8 Å². The van der Waals surface area contributed by atoms with Gasteiger partial charge in [-0.2, -0.15) is 0 Å². The highest BCUT2D eigenvalue weighted by Gasteiger charge is 2.71. The number of amides is 3. The highest BCUT2D eigenvalue weighted by molar-refractivity contribution is 6.30. The molecule has 5 atom stereocenters. The first-order chi connectivity index (χ1) is 18.0. The number of carbonyl (C=O) groups is 3. The third-order valence-electron chi connectivity index (χ3n) is 7.71. The molecule has 1 unspecified atom stereocenters. The molecule has 2 fully saturated rings. The minimum atomic E-state index is -1.33. The van der Waals surface area contributed by atoms with E-state index in [1.807, 2.05) is 48.6 Å². The molecule has 4 heterocycles. The maximum atomic E-state index is 14.1. The topological polar surface area (TPSA) is 90.4 Å². The third kappa shape index (κ3) is 3.62. The molecule has 0 saturated carbocycles. The molecule has 0 aromatic heterocycles. The first-order valence-corrected chi connectivity index (χ1v) is 12.7.